The Labute approximate surface area is 181 Å². The Hall–Kier alpha value is -2.19. The van der Waals surface area contributed by atoms with E-state index in [4.69, 9.17) is 5.14 Å². The van der Waals surface area contributed by atoms with Crippen molar-refractivity contribution in [3.8, 4) is 0 Å². The number of sulfonamides is 1. The Bertz CT molecular complexity index is 1070. The van der Waals surface area contributed by atoms with Gasteiger partial charge in [-0.1, -0.05) is 12.1 Å². The number of rotatable bonds is 7. The Morgan fingerprint density at radius 3 is 2.83 bits per heavy atom. The molecular formula is C17H20N4O6S3. The van der Waals surface area contributed by atoms with Crippen LogP contribution >= 0.6 is 23.3 Å². The molecule has 1 aliphatic rings. The van der Waals surface area contributed by atoms with Gasteiger partial charge in [-0.2, -0.15) is 4.31 Å². The summed E-state index contributed by atoms with van der Waals surface area (Å²) in [6.07, 6.45) is 0. The number of hydrogen-bond acceptors (Lipinski definition) is 9. The smallest absolute Gasteiger partial charge is 0.294 e. The number of amides is 1. The van der Waals surface area contributed by atoms with E-state index in [1.807, 2.05) is 6.92 Å². The molecule has 2 aromatic rings. The van der Waals surface area contributed by atoms with Gasteiger partial charge in [0, 0.05) is 31.3 Å². The quantitative estimate of drug-likeness (QED) is 0.368. The highest BCUT2D eigenvalue weighted by Gasteiger charge is 2.40. The minimum Gasteiger partial charge on any atom is -0.330 e. The lowest BCUT2D eigenvalue weighted by Crippen LogP contribution is -2.45. The molecule has 1 aliphatic heterocycles. The Kier molecular flexibility index (Phi) is 6.67. The van der Waals surface area contributed by atoms with Gasteiger partial charge in [-0.15, -0.1) is 21.5 Å². The highest BCUT2D eigenvalue weighted by molar-refractivity contribution is 7.99. The summed E-state index contributed by atoms with van der Waals surface area (Å²) in [4.78, 5) is 29.7. The Morgan fingerprint density at radius 1 is 1.47 bits per heavy atom. The minimum atomic E-state index is -3.63. The van der Waals surface area contributed by atoms with Crippen molar-refractivity contribution in [2.75, 3.05) is 20.1 Å². The third-order valence-electron chi connectivity index (χ3n) is 4.74. The van der Waals surface area contributed by atoms with E-state index in [0.717, 1.165) is 23.3 Å². The average Bonchev–Trinajstić information content (AvgIpc) is 3.17. The van der Waals surface area contributed by atoms with Gasteiger partial charge in [0.05, 0.1) is 10.3 Å². The molecule has 0 bridgehead atoms. The summed E-state index contributed by atoms with van der Waals surface area (Å²) in [7, 11) is -2.15. The van der Waals surface area contributed by atoms with E-state index in [9.17, 15) is 23.3 Å². The lowest BCUT2D eigenvalue weighted by atomic mass is 10.1. The van der Waals surface area contributed by atoms with Gasteiger partial charge in [0.2, 0.25) is 0 Å². The van der Waals surface area contributed by atoms with E-state index in [-0.39, 0.29) is 23.3 Å². The number of thiophene rings is 1. The van der Waals surface area contributed by atoms with Crippen LogP contribution in [-0.4, -0.2) is 48.8 Å². The molecule has 1 aromatic carbocycles. The van der Waals surface area contributed by atoms with E-state index < -0.39 is 21.2 Å². The van der Waals surface area contributed by atoms with Crippen molar-refractivity contribution in [1.29, 1.82) is 0 Å². The molecule has 10 nitrogen and oxygen atoms in total. The molecule has 13 heteroatoms. The molecule has 2 heterocycles. The van der Waals surface area contributed by atoms with Crippen LogP contribution < -0.4 is 5.14 Å². The van der Waals surface area contributed by atoms with Gasteiger partial charge in [-0.25, -0.2) is 8.42 Å². The SMILES string of the molecule is CCN(C(=O)c1cccc(CO[N+](=O)[O-])c1)C1CN(C)S(=O)(=O)c2sc(SN)cc21. The van der Waals surface area contributed by atoms with Gasteiger partial charge < -0.3 is 9.74 Å². The number of fused-ring (bicyclic) bond motifs is 1. The first kappa shape index (κ1) is 22.5. The number of nitrogens with zero attached hydrogens (tertiary/aromatic N) is 3. The molecule has 1 aromatic heterocycles. The zero-order valence-corrected chi connectivity index (χ0v) is 18.6. The molecular weight excluding hydrogens is 452 g/mol. The number of hydrogen-bond donors (Lipinski definition) is 1. The van der Waals surface area contributed by atoms with Crippen molar-refractivity contribution < 1.29 is 23.1 Å². The standard InChI is InChI=1S/C17H20N4O6S3/c1-3-20(16(22)12-6-4-5-11(7-12)10-27-21(23)24)14-9-19(2)30(25,26)17-13(14)8-15(28-17)29-18/h4-8,14H,3,9-10,18H2,1-2H3. The molecule has 0 aliphatic carbocycles. The van der Waals surface area contributed by atoms with Crippen LogP contribution in [0.15, 0.2) is 38.8 Å². The summed E-state index contributed by atoms with van der Waals surface area (Å²) in [6, 6.07) is 7.63. The van der Waals surface area contributed by atoms with Crippen LogP contribution in [0.4, 0.5) is 0 Å². The first-order chi connectivity index (χ1) is 14.2. The van der Waals surface area contributed by atoms with Gasteiger partial charge in [-0.3, -0.25) is 9.93 Å². The maximum Gasteiger partial charge on any atom is 0.294 e. The van der Waals surface area contributed by atoms with E-state index in [1.165, 1.54) is 17.4 Å². The highest BCUT2D eigenvalue weighted by Crippen LogP contribution is 2.42. The van der Waals surface area contributed by atoms with E-state index in [2.05, 4.69) is 4.84 Å². The van der Waals surface area contributed by atoms with Crippen molar-refractivity contribution >= 4 is 39.2 Å². The topological polar surface area (TPSA) is 136 Å². The number of likely N-dealkylation sites (N-methyl/N-ethyl adjacent to an activating group) is 2. The molecule has 3 rings (SSSR count). The van der Waals surface area contributed by atoms with E-state index in [0.29, 0.717) is 27.4 Å². The first-order valence-electron chi connectivity index (χ1n) is 8.83. The lowest BCUT2D eigenvalue weighted by molar-refractivity contribution is -0.763. The van der Waals surface area contributed by atoms with Crippen molar-refractivity contribution in [3.05, 3.63) is 57.1 Å². The maximum atomic E-state index is 13.3. The zero-order chi connectivity index (χ0) is 22.1. The third kappa shape index (κ3) is 4.30. The molecule has 30 heavy (non-hydrogen) atoms. The zero-order valence-electron chi connectivity index (χ0n) is 16.2. The summed E-state index contributed by atoms with van der Waals surface area (Å²) >= 11 is 2.05. The van der Waals surface area contributed by atoms with Gasteiger partial charge in [0.25, 0.3) is 21.0 Å². The van der Waals surface area contributed by atoms with Crippen LogP contribution in [0.1, 0.15) is 34.5 Å². The van der Waals surface area contributed by atoms with Crippen LogP contribution in [-0.2, 0) is 21.5 Å². The van der Waals surface area contributed by atoms with Gasteiger partial charge >= 0.3 is 0 Å². The van der Waals surface area contributed by atoms with E-state index >= 15 is 0 Å². The van der Waals surface area contributed by atoms with Crippen molar-refractivity contribution in [2.45, 2.75) is 28.0 Å². The molecule has 0 saturated heterocycles. The summed E-state index contributed by atoms with van der Waals surface area (Å²) in [6.45, 7) is 2.00. The van der Waals surface area contributed by atoms with Gasteiger partial charge in [-0.05, 0) is 42.6 Å². The van der Waals surface area contributed by atoms with Crippen molar-refractivity contribution in [2.24, 2.45) is 5.14 Å². The molecule has 0 spiro atoms. The fourth-order valence-corrected chi connectivity index (χ4v) is 6.96. The van der Waals surface area contributed by atoms with Crippen LogP contribution in [0.25, 0.3) is 0 Å². The molecule has 162 valence electrons. The molecule has 1 atom stereocenters. The summed E-state index contributed by atoms with van der Waals surface area (Å²) in [5, 5.41) is 15.2. The molecule has 0 fully saturated rings. The number of carbonyl (C=O) groups excluding carboxylic acids is 1. The predicted octanol–water partition coefficient (Wildman–Crippen LogP) is 2.26. The molecule has 0 saturated carbocycles. The second-order valence-corrected chi connectivity index (χ2v) is 10.7. The molecule has 1 amide bonds. The molecule has 2 N–H and O–H groups in total. The molecule has 1 unspecified atom stereocenters. The summed E-state index contributed by atoms with van der Waals surface area (Å²) in [5.41, 5.74) is 1.37. The van der Waals surface area contributed by atoms with Gasteiger partial charge in [0.1, 0.15) is 10.8 Å². The number of benzene rings is 1. The predicted molar refractivity (Wildman–Crippen MR) is 112 cm³/mol. The first-order valence-corrected chi connectivity index (χ1v) is 12.0. The Morgan fingerprint density at radius 2 is 2.20 bits per heavy atom. The second-order valence-electron chi connectivity index (χ2n) is 6.52. The highest BCUT2D eigenvalue weighted by atomic mass is 32.3. The maximum absolute atomic E-state index is 13.3. The fraction of sp³-hybridized carbons (Fsp3) is 0.353. The Balaban J connectivity index is 1.96. The summed E-state index contributed by atoms with van der Waals surface area (Å²) in [5.74, 6) is -0.308. The number of nitrogens with two attached hydrogens (primary N) is 1. The molecule has 0 radical (unpaired) electrons. The van der Waals surface area contributed by atoms with Crippen LogP contribution in [0, 0.1) is 10.1 Å². The largest absolute Gasteiger partial charge is 0.330 e. The number of carbonyl (C=O) groups is 1. The third-order valence-corrected chi connectivity index (χ3v) is 8.93. The fourth-order valence-electron chi connectivity index (χ4n) is 3.30. The van der Waals surface area contributed by atoms with Crippen molar-refractivity contribution in [3.63, 3.8) is 0 Å². The van der Waals surface area contributed by atoms with Crippen LogP contribution in [0.3, 0.4) is 0 Å². The lowest BCUT2D eigenvalue weighted by Gasteiger charge is -2.37. The van der Waals surface area contributed by atoms with Crippen LogP contribution in [0.2, 0.25) is 0 Å². The van der Waals surface area contributed by atoms with Crippen molar-refractivity contribution in [1.82, 2.24) is 9.21 Å². The monoisotopic (exact) mass is 472 g/mol. The van der Waals surface area contributed by atoms with Crippen LogP contribution in [0.5, 0.6) is 0 Å². The van der Waals surface area contributed by atoms with Gasteiger partial charge in [0.15, 0.2) is 0 Å². The minimum absolute atomic E-state index is 0.116. The normalized spacial score (nSPS) is 17.9. The van der Waals surface area contributed by atoms with E-state index in [1.54, 1.807) is 29.2 Å². The second kappa shape index (κ2) is 8.89. The summed E-state index contributed by atoms with van der Waals surface area (Å²) < 4.78 is 27.5. The average molecular weight is 473 g/mol.